The lowest BCUT2D eigenvalue weighted by atomic mass is 10.2. The van der Waals surface area contributed by atoms with Gasteiger partial charge in [-0.05, 0) is 24.3 Å². The van der Waals surface area contributed by atoms with Gasteiger partial charge in [0.25, 0.3) is 0 Å². The van der Waals surface area contributed by atoms with Crippen molar-refractivity contribution in [1.82, 2.24) is 9.97 Å². The van der Waals surface area contributed by atoms with Crippen LogP contribution in [0.15, 0.2) is 83.0 Å². The third-order valence-electron chi connectivity index (χ3n) is 3.69. The summed E-state index contributed by atoms with van der Waals surface area (Å²) in [5.41, 5.74) is 3.44. The number of pyridine rings is 2. The summed E-state index contributed by atoms with van der Waals surface area (Å²) in [6, 6.07) is 23.9. The Morgan fingerprint density at radius 1 is 0.542 bits per heavy atom. The molecule has 4 heteroatoms. The Balaban J connectivity index is 1.53. The number of para-hydroxylation sites is 2. The average molecular weight is 310 g/mol. The minimum Gasteiger partial charge on any atom is -0.247 e. The molecule has 0 unspecified atom stereocenters. The van der Waals surface area contributed by atoms with Crippen LogP contribution in [0, 0.1) is 0 Å². The van der Waals surface area contributed by atoms with E-state index in [2.05, 4.69) is 20.2 Å². The standard InChI is InChI=1S/C20H14N4/c1-3-7-19-15(5-1)9-11-17(23-19)13-21-22-14-18-12-10-16-6-2-4-8-20(16)24-18/h1-14H/b21-13+,22-14+. The monoisotopic (exact) mass is 310 g/mol. The van der Waals surface area contributed by atoms with Gasteiger partial charge < -0.3 is 0 Å². The maximum absolute atomic E-state index is 4.52. The molecule has 2 aromatic heterocycles. The van der Waals surface area contributed by atoms with Gasteiger partial charge in [-0.1, -0.05) is 48.5 Å². The Morgan fingerprint density at radius 3 is 1.50 bits per heavy atom. The van der Waals surface area contributed by atoms with Gasteiger partial charge >= 0.3 is 0 Å². The summed E-state index contributed by atoms with van der Waals surface area (Å²) >= 11 is 0. The first-order valence-electron chi connectivity index (χ1n) is 7.66. The van der Waals surface area contributed by atoms with Gasteiger partial charge in [0.2, 0.25) is 0 Å². The van der Waals surface area contributed by atoms with Crippen LogP contribution in [0.25, 0.3) is 21.8 Å². The number of benzene rings is 2. The number of nitrogens with zero attached hydrogens (tertiary/aromatic N) is 4. The summed E-state index contributed by atoms with van der Waals surface area (Å²) in [7, 11) is 0. The minimum absolute atomic E-state index is 0.775. The quantitative estimate of drug-likeness (QED) is 0.420. The first-order valence-corrected chi connectivity index (χ1v) is 7.66. The van der Waals surface area contributed by atoms with Crippen molar-refractivity contribution in [3.8, 4) is 0 Å². The molecule has 4 rings (SSSR count). The molecule has 4 aromatic rings. The highest BCUT2D eigenvalue weighted by Crippen LogP contribution is 2.11. The summed E-state index contributed by atoms with van der Waals surface area (Å²) in [4.78, 5) is 9.04. The molecule has 114 valence electrons. The van der Waals surface area contributed by atoms with Gasteiger partial charge in [0.15, 0.2) is 0 Å². The molecule has 0 fully saturated rings. The Kier molecular flexibility index (Phi) is 3.78. The van der Waals surface area contributed by atoms with E-state index in [9.17, 15) is 0 Å². The molecule has 2 aromatic carbocycles. The molecular weight excluding hydrogens is 296 g/mol. The molecular formula is C20H14N4. The predicted molar refractivity (Wildman–Crippen MR) is 98.7 cm³/mol. The van der Waals surface area contributed by atoms with Gasteiger partial charge in [-0.2, -0.15) is 10.2 Å². The average Bonchev–Trinajstić information content (AvgIpc) is 2.65. The largest absolute Gasteiger partial charge is 0.247 e. The van der Waals surface area contributed by atoms with Crippen LogP contribution in [0.5, 0.6) is 0 Å². The summed E-state index contributed by atoms with van der Waals surface area (Å²) in [5, 5.41) is 10.4. The van der Waals surface area contributed by atoms with Crippen LogP contribution in [0.3, 0.4) is 0 Å². The van der Waals surface area contributed by atoms with E-state index in [1.165, 1.54) is 0 Å². The van der Waals surface area contributed by atoms with Gasteiger partial charge in [-0.25, -0.2) is 9.97 Å². The predicted octanol–water partition coefficient (Wildman–Crippen LogP) is 4.24. The van der Waals surface area contributed by atoms with E-state index >= 15 is 0 Å². The molecule has 2 heterocycles. The fourth-order valence-electron chi connectivity index (χ4n) is 2.49. The fourth-order valence-corrected chi connectivity index (χ4v) is 2.49. The topological polar surface area (TPSA) is 50.5 Å². The second kappa shape index (κ2) is 6.38. The minimum atomic E-state index is 0.775. The van der Waals surface area contributed by atoms with E-state index in [0.717, 1.165) is 33.2 Å². The van der Waals surface area contributed by atoms with Crippen molar-refractivity contribution < 1.29 is 0 Å². The van der Waals surface area contributed by atoms with Crippen LogP contribution in [-0.4, -0.2) is 22.4 Å². The van der Waals surface area contributed by atoms with Gasteiger partial charge in [0, 0.05) is 10.8 Å². The summed E-state index contributed by atoms with van der Waals surface area (Å²) in [5.74, 6) is 0. The van der Waals surface area contributed by atoms with Crippen LogP contribution in [0.4, 0.5) is 0 Å². The van der Waals surface area contributed by atoms with Crippen molar-refractivity contribution in [3.05, 3.63) is 84.2 Å². The lowest BCUT2D eigenvalue weighted by molar-refractivity contribution is 1.24. The highest BCUT2D eigenvalue weighted by Gasteiger charge is 1.96. The van der Waals surface area contributed by atoms with Crippen LogP contribution in [-0.2, 0) is 0 Å². The molecule has 0 radical (unpaired) electrons. The van der Waals surface area contributed by atoms with Crippen molar-refractivity contribution >= 4 is 34.2 Å². The molecule has 0 aliphatic carbocycles. The second-order valence-electron chi connectivity index (χ2n) is 5.35. The lowest BCUT2D eigenvalue weighted by Gasteiger charge is -1.97. The van der Waals surface area contributed by atoms with E-state index < -0.39 is 0 Å². The van der Waals surface area contributed by atoms with E-state index in [0.29, 0.717) is 0 Å². The molecule has 0 N–H and O–H groups in total. The van der Waals surface area contributed by atoms with Crippen molar-refractivity contribution in [2.24, 2.45) is 10.2 Å². The zero-order valence-electron chi connectivity index (χ0n) is 12.9. The maximum Gasteiger partial charge on any atom is 0.0838 e. The third-order valence-corrected chi connectivity index (χ3v) is 3.69. The summed E-state index contributed by atoms with van der Waals surface area (Å²) in [6.07, 6.45) is 3.29. The summed E-state index contributed by atoms with van der Waals surface area (Å²) < 4.78 is 0. The van der Waals surface area contributed by atoms with Gasteiger partial charge in [-0.15, -0.1) is 0 Å². The van der Waals surface area contributed by atoms with Gasteiger partial charge in [-0.3, -0.25) is 0 Å². The second-order valence-corrected chi connectivity index (χ2v) is 5.35. The van der Waals surface area contributed by atoms with Crippen molar-refractivity contribution in [3.63, 3.8) is 0 Å². The first kappa shape index (κ1) is 14.2. The molecule has 0 amide bonds. The Labute approximate surface area is 139 Å². The van der Waals surface area contributed by atoms with Crippen LogP contribution in [0.2, 0.25) is 0 Å². The molecule has 0 saturated heterocycles. The van der Waals surface area contributed by atoms with E-state index in [1.807, 2.05) is 72.8 Å². The molecule has 0 aliphatic rings. The van der Waals surface area contributed by atoms with E-state index in [1.54, 1.807) is 12.4 Å². The van der Waals surface area contributed by atoms with Crippen molar-refractivity contribution in [2.45, 2.75) is 0 Å². The van der Waals surface area contributed by atoms with Crippen LogP contribution < -0.4 is 0 Å². The fraction of sp³-hybridized carbons (Fsp3) is 0. The number of hydrogen-bond acceptors (Lipinski definition) is 4. The molecule has 0 bridgehead atoms. The van der Waals surface area contributed by atoms with Crippen molar-refractivity contribution in [1.29, 1.82) is 0 Å². The third kappa shape index (κ3) is 3.03. The zero-order valence-corrected chi connectivity index (χ0v) is 12.9. The maximum atomic E-state index is 4.52. The Morgan fingerprint density at radius 2 is 1.00 bits per heavy atom. The molecule has 0 spiro atoms. The number of hydrogen-bond donors (Lipinski definition) is 0. The van der Waals surface area contributed by atoms with E-state index in [-0.39, 0.29) is 0 Å². The molecule has 0 saturated carbocycles. The van der Waals surface area contributed by atoms with Crippen LogP contribution >= 0.6 is 0 Å². The molecule has 0 atom stereocenters. The van der Waals surface area contributed by atoms with Gasteiger partial charge in [0.05, 0.1) is 34.9 Å². The molecule has 4 nitrogen and oxygen atoms in total. The van der Waals surface area contributed by atoms with Crippen LogP contribution in [0.1, 0.15) is 11.4 Å². The number of fused-ring (bicyclic) bond motifs is 2. The molecule has 24 heavy (non-hydrogen) atoms. The SMILES string of the molecule is C(=N\N=C\c1ccc2ccccc2n1)/c1ccc2ccccc2n1. The Bertz CT molecular complexity index is 980. The normalized spacial score (nSPS) is 11.8. The highest BCUT2D eigenvalue weighted by molar-refractivity contribution is 5.87. The number of aromatic nitrogens is 2. The van der Waals surface area contributed by atoms with Gasteiger partial charge in [0.1, 0.15) is 0 Å². The highest BCUT2D eigenvalue weighted by atomic mass is 15.2. The first-order chi connectivity index (χ1) is 11.9. The number of rotatable bonds is 3. The van der Waals surface area contributed by atoms with E-state index in [4.69, 9.17) is 0 Å². The smallest absolute Gasteiger partial charge is 0.0838 e. The molecule has 0 aliphatic heterocycles. The van der Waals surface area contributed by atoms with Crippen molar-refractivity contribution in [2.75, 3.05) is 0 Å². The Hall–Kier alpha value is -3.40. The lowest BCUT2D eigenvalue weighted by Crippen LogP contribution is -1.89. The zero-order chi connectivity index (χ0) is 16.2. The summed E-state index contributed by atoms with van der Waals surface area (Å²) in [6.45, 7) is 0.